The average Bonchev–Trinajstić information content (AvgIpc) is 3.13. The summed E-state index contributed by atoms with van der Waals surface area (Å²) in [6.45, 7) is 1.32. The molecule has 1 aromatic carbocycles. The number of amides is 2. The molecule has 0 unspecified atom stereocenters. The van der Waals surface area contributed by atoms with Gasteiger partial charge in [-0.2, -0.15) is 4.31 Å². The van der Waals surface area contributed by atoms with Crippen LogP contribution in [-0.4, -0.2) is 67.5 Å². The Morgan fingerprint density at radius 3 is 2.93 bits per heavy atom. The normalized spacial score (nSPS) is 30.4. The molecule has 9 nitrogen and oxygen atoms in total. The Morgan fingerprint density at radius 1 is 1.22 bits per heavy atom. The monoisotopic (exact) mass is 393 g/mol. The van der Waals surface area contributed by atoms with Gasteiger partial charge in [-0.15, -0.1) is 0 Å². The van der Waals surface area contributed by atoms with Crippen LogP contribution in [0.3, 0.4) is 0 Å². The van der Waals surface area contributed by atoms with Crippen LogP contribution in [-0.2, 0) is 24.3 Å². The highest BCUT2D eigenvalue weighted by atomic mass is 32.2. The van der Waals surface area contributed by atoms with E-state index in [0.717, 1.165) is 6.42 Å². The van der Waals surface area contributed by atoms with E-state index < -0.39 is 21.8 Å². The molecule has 5 rings (SSSR count). The van der Waals surface area contributed by atoms with Gasteiger partial charge in [-0.25, -0.2) is 8.42 Å². The highest BCUT2D eigenvalue weighted by Gasteiger charge is 2.63. The highest BCUT2D eigenvalue weighted by molar-refractivity contribution is 7.89. The van der Waals surface area contributed by atoms with Gasteiger partial charge in [0.1, 0.15) is 5.75 Å². The minimum atomic E-state index is -3.86. The topological polar surface area (TPSA) is 105 Å². The molecule has 3 fully saturated rings. The first-order chi connectivity index (χ1) is 12.9. The van der Waals surface area contributed by atoms with Gasteiger partial charge in [0.2, 0.25) is 15.9 Å². The molecule has 3 saturated heterocycles. The number of hydrogen-bond donors (Lipinski definition) is 1. The van der Waals surface area contributed by atoms with Crippen molar-refractivity contribution in [3.05, 3.63) is 18.2 Å². The molecular weight excluding hydrogens is 374 g/mol. The van der Waals surface area contributed by atoms with E-state index in [2.05, 4.69) is 5.32 Å². The van der Waals surface area contributed by atoms with Crippen LogP contribution in [0.25, 0.3) is 0 Å². The number of anilines is 1. The molecule has 0 saturated carbocycles. The van der Waals surface area contributed by atoms with Crippen LogP contribution in [0.1, 0.15) is 19.3 Å². The lowest BCUT2D eigenvalue weighted by Gasteiger charge is -2.42. The second-order valence-corrected chi connectivity index (χ2v) is 9.06. The van der Waals surface area contributed by atoms with Gasteiger partial charge in [0.25, 0.3) is 5.91 Å². The Bertz CT molecular complexity index is 948. The molecule has 27 heavy (non-hydrogen) atoms. The molecule has 0 radical (unpaired) electrons. The van der Waals surface area contributed by atoms with E-state index in [1.54, 1.807) is 4.90 Å². The number of nitrogens with one attached hydrogen (secondary N) is 1. The first-order valence-electron chi connectivity index (χ1n) is 8.95. The molecular formula is C17H19N3O6S. The molecule has 4 heterocycles. The third-order valence-corrected chi connectivity index (χ3v) is 7.66. The quantitative estimate of drug-likeness (QED) is 0.766. The van der Waals surface area contributed by atoms with Gasteiger partial charge in [-0.1, -0.05) is 0 Å². The minimum Gasteiger partial charge on any atom is -0.482 e. The van der Waals surface area contributed by atoms with Gasteiger partial charge in [0.05, 0.1) is 23.2 Å². The first-order valence-corrected chi connectivity index (χ1v) is 10.4. The summed E-state index contributed by atoms with van der Waals surface area (Å²) in [6.07, 6.45) is 1.36. The molecule has 2 atom stereocenters. The molecule has 1 aromatic rings. The molecule has 4 aliphatic rings. The maximum atomic E-state index is 13.3. The Kier molecular flexibility index (Phi) is 3.56. The average molecular weight is 393 g/mol. The summed E-state index contributed by atoms with van der Waals surface area (Å²) in [5, 5.41) is 2.63. The Balaban J connectivity index is 1.51. The van der Waals surface area contributed by atoms with Crippen LogP contribution in [0, 0.1) is 0 Å². The van der Waals surface area contributed by atoms with Crippen LogP contribution >= 0.6 is 0 Å². The Hall–Kier alpha value is -2.17. The van der Waals surface area contributed by atoms with Gasteiger partial charge < -0.3 is 19.7 Å². The molecule has 1 spiro atoms. The second kappa shape index (κ2) is 5.66. The number of fused-ring (bicyclic) bond motifs is 1. The van der Waals surface area contributed by atoms with Crippen molar-refractivity contribution in [1.29, 1.82) is 0 Å². The lowest BCUT2D eigenvalue weighted by Crippen LogP contribution is -2.56. The van der Waals surface area contributed by atoms with Crippen LogP contribution in [0.2, 0.25) is 0 Å². The summed E-state index contributed by atoms with van der Waals surface area (Å²) >= 11 is 0. The molecule has 10 heteroatoms. The van der Waals surface area contributed by atoms with E-state index in [-0.39, 0.29) is 36.3 Å². The number of ether oxygens (including phenoxy) is 2. The fourth-order valence-electron chi connectivity index (χ4n) is 4.56. The number of benzene rings is 1. The largest absolute Gasteiger partial charge is 0.482 e. The second-order valence-electron chi connectivity index (χ2n) is 7.17. The molecule has 2 amide bonds. The highest BCUT2D eigenvalue weighted by Crippen LogP contribution is 2.47. The van der Waals surface area contributed by atoms with Gasteiger partial charge in [0, 0.05) is 25.9 Å². The number of hydrogen-bond acceptors (Lipinski definition) is 6. The smallest absolute Gasteiger partial charge is 0.262 e. The SMILES string of the molecule is O=C1COc2ccc(S(=O)(=O)N3CC[C@@]45OCCCN4C(=O)C[C@@H]35)cc2N1. The third-order valence-electron chi connectivity index (χ3n) is 5.75. The van der Waals surface area contributed by atoms with Gasteiger partial charge >= 0.3 is 0 Å². The summed E-state index contributed by atoms with van der Waals surface area (Å²) in [7, 11) is -3.86. The van der Waals surface area contributed by atoms with Crippen LogP contribution < -0.4 is 10.1 Å². The minimum absolute atomic E-state index is 0.0609. The van der Waals surface area contributed by atoms with Crippen molar-refractivity contribution in [1.82, 2.24) is 9.21 Å². The molecule has 0 bridgehead atoms. The Morgan fingerprint density at radius 2 is 2.07 bits per heavy atom. The summed E-state index contributed by atoms with van der Waals surface area (Å²) in [5.74, 6) is 0.0415. The van der Waals surface area contributed by atoms with Crippen molar-refractivity contribution in [2.75, 3.05) is 31.6 Å². The number of nitrogens with zero attached hydrogens (tertiary/aromatic N) is 2. The maximum Gasteiger partial charge on any atom is 0.262 e. The van der Waals surface area contributed by atoms with Crippen molar-refractivity contribution < 1.29 is 27.5 Å². The number of carbonyl (C=O) groups excluding carboxylic acids is 2. The molecule has 0 aliphatic carbocycles. The predicted octanol–water partition coefficient (Wildman–Crippen LogP) is 0.129. The fraction of sp³-hybridized carbons (Fsp3) is 0.529. The summed E-state index contributed by atoms with van der Waals surface area (Å²) in [4.78, 5) is 25.7. The van der Waals surface area contributed by atoms with Gasteiger partial charge in [-0.05, 0) is 24.6 Å². The van der Waals surface area contributed by atoms with Crippen molar-refractivity contribution in [2.24, 2.45) is 0 Å². The lowest BCUT2D eigenvalue weighted by atomic mass is 10.0. The molecule has 1 N–H and O–H groups in total. The molecule has 4 aliphatic heterocycles. The van der Waals surface area contributed by atoms with E-state index in [1.165, 1.54) is 22.5 Å². The van der Waals surface area contributed by atoms with E-state index in [0.29, 0.717) is 31.0 Å². The zero-order chi connectivity index (χ0) is 18.8. The summed E-state index contributed by atoms with van der Waals surface area (Å²) in [6, 6.07) is 3.88. The van der Waals surface area contributed by atoms with Crippen molar-refractivity contribution in [3.63, 3.8) is 0 Å². The zero-order valence-corrected chi connectivity index (χ0v) is 15.3. The molecule has 0 aromatic heterocycles. The Labute approximate surface area is 156 Å². The van der Waals surface area contributed by atoms with E-state index >= 15 is 0 Å². The van der Waals surface area contributed by atoms with Crippen molar-refractivity contribution in [2.45, 2.75) is 35.9 Å². The zero-order valence-electron chi connectivity index (χ0n) is 14.5. The van der Waals surface area contributed by atoms with E-state index in [9.17, 15) is 18.0 Å². The fourth-order valence-corrected chi connectivity index (χ4v) is 6.24. The standard InChI is InChI=1S/C17H19N3O6S/c21-15-10-25-13-3-2-11(8-12(13)18-15)27(23,24)20-6-4-17-14(20)9-16(22)19(17)5-1-7-26-17/h2-3,8,14H,1,4-7,9-10H2,(H,18,21)/t14-,17+/m1/s1. The lowest BCUT2D eigenvalue weighted by molar-refractivity contribution is -0.178. The summed E-state index contributed by atoms with van der Waals surface area (Å²) < 4.78 is 39.3. The van der Waals surface area contributed by atoms with Crippen LogP contribution in [0.4, 0.5) is 5.69 Å². The van der Waals surface area contributed by atoms with E-state index in [4.69, 9.17) is 9.47 Å². The predicted molar refractivity (Wildman–Crippen MR) is 92.5 cm³/mol. The molecule has 144 valence electrons. The number of carbonyl (C=O) groups is 2. The third kappa shape index (κ3) is 2.33. The first kappa shape index (κ1) is 17.0. The van der Waals surface area contributed by atoms with E-state index in [1.807, 2.05) is 0 Å². The van der Waals surface area contributed by atoms with Crippen LogP contribution in [0.15, 0.2) is 23.1 Å². The summed E-state index contributed by atoms with van der Waals surface area (Å²) in [5.41, 5.74) is -0.507. The van der Waals surface area contributed by atoms with Crippen molar-refractivity contribution >= 4 is 27.5 Å². The van der Waals surface area contributed by atoms with Crippen LogP contribution in [0.5, 0.6) is 5.75 Å². The number of sulfonamides is 1. The van der Waals surface area contributed by atoms with Gasteiger partial charge in [0.15, 0.2) is 12.3 Å². The number of rotatable bonds is 2. The van der Waals surface area contributed by atoms with Crippen molar-refractivity contribution in [3.8, 4) is 5.75 Å². The van der Waals surface area contributed by atoms with Gasteiger partial charge in [-0.3, -0.25) is 9.59 Å². The maximum absolute atomic E-state index is 13.3.